The minimum absolute atomic E-state index is 0.0479. The Hall–Kier alpha value is -2.27. The first-order valence-corrected chi connectivity index (χ1v) is 7.99. The van der Waals surface area contributed by atoms with E-state index in [2.05, 4.69) is 10.6 Å². The van der Waals surface area contributed by atoms with E-state index in [-0.39, 0.29) is 18.6 Å². The van der Waals surface area contributed by atoms with Gasteiger partial charge in [-0.2, -0.15) is 0 Å². The SMILES string of the molecule is Cc1cc(OCNC(=O)NCCc2cccc(F)c2)cc(C)c1Cl. The number of amides is 2. The van der Waals surface area contributed by atoms with Gasteiger partial charge in [0.1, 0.15) is 11.6 Å². The van der Waals surface area contributed by atoms with Crippen LogP contribution in [0.4, 0.5) is 9.18 Å². The molecule has 0 aliphatic carbocycles. The Kier molecular flexibility index (Phi) is 6.44. The minimum Gasteiger partial charge on any atom is -0.473 e. The molecule has 0 saturated carbocycles. The lowest BCUT2D eigenvalue weighted by molar-refractivity contribution is 0.224. The highest BCUT2D eigenvalue weighted by Crippen LogP contribution is 2.25. The van der Waals surface area contributed by atoms with Gasteiger partial charge in [-0.05, 0) is 61.2 Å². The fraction of sp³-hybridized carbons (Fsp3) is 0.278. The van der Waals surface area contributed by atoms with E-state index in [9.17, 15) is 9.18 Å². The van der Waals surface area contributed by atoms with Gasteiger partial charge in [-0.15, -0.1) is 0 Å². The van der Waals surface area contributed by atoms with Gasteiger partial charge in [-0.1, -0.05) is 23.7 Å². The molecular weight excluding hydrogens is 331 g/mol. The van der Waals surface area contributed by atoms with Gasteiger partial charge in [0.05, 0.1) is 0 Å². The van der Waals surface area contributed by atoms with E-state index in [1.54, 1.807) is 6.07 Å². The molecule has 0 aliphatic heterocycles. The number of ether oxygens (including phenoxy) is 1. The first-order valence-electron chi connectivity index (χ1n) is 7.61. The molecule has 0 saturated heterocycles. The Morgan fingerprint density at radius 2 is 1.88 bits per heavy atom. The van der Waals surface area contributed by atoms with Gasteiger partial charge >= 0.3 is 6.03 Å². The second-order valence-electron chi connectivity index (χ2n) is 5.47. The van der Waals surface area contributed by atoms with E-state index >= 15 is 0 Å². The summed E-state index contributed by atoms with van der Waals surface area (Å²) in [6.07, 6.45) is 0.557. The van der Waals surface area contributed by atoms with E-state index < -0.39 is 0 Å². The first-order chi connectivity index (χ1) is 11.5. The summed E-state index contributed by atoms with van der Waals surface area (Å²) in [6, 6.07) is 9.60. The van der Waals surface area contributed by atoms with Crippen molar-refractivity contribution < 1.29 is 13.9 Å². The molecule has 0 aromatic heterocycles. The van der Waals surface area contributed by atoms with Crippen LogP contribution in [0.25, 0.3) is 0 Å². The number of carbonyl (C=O) groups is 1. The number of urea groups is 1. The summed E-state index contributed by atoms with van der Waals surface area (Å²) in [4.78, 5) is 11.7. The molecule has 0 atom stereocenters. The first kappa shape index (κ1) is 18.1. The third-order valence-electron chi connectivity index (χ3n) is 3.47. The number of nitrogens with one attached hydrogen (secondary N) is 2. The lowest BCUT2D eigenvalue weighted by Crippen LogP contribution is -2.38. The minimum atomic E-state index is -0.339. The third kappa shape index (κ3) is 5.42. The highest BCUT2D eigenvalue weighted by molar-refractivity contribution is 6.32. The molecule has 0 unspecified atom stereocenters. The molecule has 2 rings (SSSR count). The normalized spacial score (nSPS) is 10.3. The molecular formula is C18H20ClFN2O2. The van der Waals surface area contributed by atoms with Crippen LogP contribution in [0, 0.1) is 19.7 Å². The Bertz CT molecular complexity index is 699. The smallest absolute Gasteiger partial charge is 0.317 e. The summed E-state index contributed by atoms with van der Waals surface area (Å²) in [7, 11) is 0. The zero-order valence-electron chi connectivity index (χ0n) is 13.7. The summed E-state index contributed by atoms with van der Waals surface area (Å²) in [5.41, 5.74) is 2.68. The second kappa shape index (κ2) is 8.55. The Balaban J connectivity index is 1.70. The summed E-state index contributed by atoms with van der Waals surface area (Å²) in [6.45, 7) is 4.25. The van der Waals surface area contributed by atoms with Gasteiger partial charge in [0.2, 0.25) is 0 Å². The third-order valence-corrected chi connectivity index (χ3v) is 4.07. The van der Waals surface area contributed by atoms with Crippen LogP contribution in [0.3, 0.4) is 0 Å². The van der Waals surface area contributed by atoms with E-state index in [1.807, 2.05) is 32.0 Å². The number of carbonyl (C=O) groups excluding carboxylic acids is 1. The van der Waals surface area contributed by atoms with Crippen LogP contribution in [-0.2, 0) is 6.42 Å². The molecule has 0 bridgehead atoms. The van der Waals surface area contributed by atoms with Crippen LogP contribution < -0.4 is 15.4 Å². The lowest BCUT2D eigenvalue weighted by atomic mass is 10.1. The van der Waals surface area contributed by atoms with Crippen molar-refractivity contribution in [2.24, 2.45) is 0 Å². The zero-order valence-corrected chi connectivity index (χ0v) is 14.4. The fourth-order valence-electron chi connectivity index (χ4n) is 2.25. The van der Waals surface area contributed by atoms with Gasteiger partial charge in [0, 0.05) is 11.6 Å². The molecule has 6 heteroatoms. The van der Waals surface area contributed by atoms with Crippen LogP contribution in [0.15, 0.2) is 36.4 Å². The van der Waals surface area contributed by atoms with Crippen molar-refractivity contribution in [3.05, 3.63) is 63.9 Å². The maximum Gasteiger partial charge on any atom is 0.317 e. The van der Waals surface area contributed by atoms with Gasteiger partial charge in [-0.3, -0.25) is 0 Å². The number of aryl methyl sites for hydroxylation is 2. The van der Waals surface area contributed by atoms with Gasteiger partial charge in [0.15, 0.2) is 6.73 Å². The maximum atomic E-state index is 13.0. The highest BCUT2D eigenvalue weighted by Gasteiger charge is 2.05. The monoisotopic (exact) mass is 350 g/mol. The zero-order chi connectivity index (χ0) is 17.5. The van der Waals surface area contributed by atoms with Gasteiger partial charge in [0.25, 0.3) is 0 Å². The molecule has 0 radical (unpaired) electrons. The van der Waals surface area contributed by atoms with E-state index in [4.69, 9.17) is 16.3 Å². The van der Waals surface area contributed by atoms with Crippen molar-refractivity contribution in [3.8, 4) is 5.75 Å². The van der Waals surface area contributed by atoms with Crippen molar-refractivity contribution in [3.63, 3.8) is 0 Å². The maximum absolute atomic E-state index is 13.0. The molecule has 2 aromatic carbocycles. The molecule has 4 nitrogen and oxygen atoms in total. The second-order valence-corrected chi connectivity index (χ2v) is 5.85. The van der Waals surface area contributed by atoms with Crippen LogP contribution in [0.1, 0.15) is 16.7 Å². The van der Waals surface area contributed by atoms with Gasteiger partial charge < -0.3 is 15.4 Å². The number of hydrogen-bond acceptors (Lipinski definition) is 2. The molecule has 24 heavy (non-hydrogen) atoms. The van der Waals surface area contributed by atoms with Crippen molar-refractivity contribution in [1.82, 2.24) is 10.6 Å². The predicted octanol–water partition coefficient (Wildman–Crippen LogP) is 3.97. The number of benzene rings is 2. The average molecular weight is 351 g/mol. The van der Waals surface area contributed by atoms with E-state index in [0.29, 0.717) is 23.7 Å². The highest BCUT2D eigenvalue weighted by atomic mass is 35.5. The summed E-state index contributed by atoms with van der Waals surface area (Å²) >= 11 is 6.09. The largest absolute Gasteiger partial charge is 0.473 e. The molecule has 2 amide bonds. The van der Waals surface area contributed by atoms with Crippen LogP contribution in [-0.4, -0.2) is 19.3 Å². The summed E-state index contributed by atoms with van der Waals surface area (Å²) in [5.74, 6) is 0.369. The lowest BCUT2D eigenvalue weighted by Gasteiger charge is -2.11. The standard InChI is InChI=1S/C18H20ClFN2O2/c1-12-8-16(9-13(2)17(12)19)24-11-22-18(23)21-7-6-14-4-3-5-15(20)10-14/h3-5,8-10H,6-7,11H2,1-2H3,(H2,21,22,23). The summed E-state index contributed by atoms with van der Waals surface area (Å²) in [5, 5.41) is 6.01. The Morgan fingerprint density at radius 1 is 1.17 bits per heavy atom. The van der Waals surface area contributed by atoms with Crippen LogP contribution in [0.5, 0.6) is 5.75 Å². The Morgan fingerprint density at radius 3 is 2.54 bits per heavy atom. The van der Waals surface area contributed by atoms with Crippen molar-refractivity contribution in [2.45, 2.75) is 20.3 Å². The summed E-state index contributed by atoms with van der Waals surface area (Å²) < 4.78 is 18.5. The van der Waals surface area contributed by atoms with Gasteiger partial charge in [-0.25, -0.2) is 9.18 Å². The molecule has 128 valence electrons. The quantitative estimate of drug-likeness (QED) is 0.774. The van der Waals surface area contributed by atoms with Crippen molar-refractivity contribution in [2.75, 3.05) is 13.3 Å². The molecule has 2 N–H and O–H groups in total. The molecule has 0 fully saturated rings. The number of rotatable bonds is 6. The van der Waals surface area contributed by atoms with Crippen molar-refractivity contribution in [1.29, 1.82) is 0 Å². The number of halogens is 2. The van der Waals surface area contributed by atoms with E-state index in [0.717, 1.165) is 16.7 Å². The molecule has 0 aliphatic rings. The van der Waals surface area contributed by atoms with Crippen molar-refractivity contribution >= 4 is 17.6 Å². The van der Waals surface area contributed by atoms with E-state index in [1.165, 1.54) is 12.1 Å². The Labute approximate surface area is 146 Å². The number of hydrogen-bond donors (Lipinski definition) is 2. The van der Waals surface area contributed by atoms with Crippen LogP contribution >= 0.6 is 11.6 Å². The molecule has 2 aromatic rings. The topological polar surface area (TPSA) is 50.4 Å². The van der Waals surface area contributed by atoms with Crippen LogP contribution in [0.2, 0.25) is 5.02 Å². The average Bonchev–Trinajstić information content (AvgIpc) is 2.52. The fourth-order valence-corrected chi connectivity index (χ4v) is 2.36. The molecule has 0 heterocycles. The molecule has 0 spiro atoms. The predicted molar refractivity (Wildman–Crippen MR) is 93.1 cm³/mol.